The number of carbonyl (C=O) groups excluding carboxylic acids is 1. The average molecular weight is 399 g/mol. The van der Waals surface area contributed by atoms with Crippen LogP contribution in [0.25, 0.3) is 0 Å². The van der Waals surface area contributed by atoms with Crippen LogP contribution in [0.1, 0.15) is 72.9 Å². The Morgan fingerprint density at radius 1 is 1.11 bits per heavy atom. The topological polar surface area (TPSA) is 42.4 Å². The molecule has 2 aliphatic rings. The van der Waals surface area contributed by atoms with Crippen LogP contribution in [0.5, 0.6) is 5.75 Å². The van der Waals surface area contributed by atoms with Gasteiger partial charge in [-0.1, -0.05) is 31.0 Å². The molecule has 1 aromatic heterocycles. The number of aryl methyl sites for hydroxylation is 1. The summed E-state index contributed by atoms with van der Waals surface area (Å²) in [4.78, 5) is 20.0. The third-order valence-corrected chi connectivity index (χ3v) is 6.94. The first kappa shape index (κ1) is 19.4. The number of aromatic nitrogens is 1. The first-order chi connectivity index (χ1) is 13.6. The van der Waals surface area contributed by atoms with Crippen molar-refractivity contribution in [2.75, 3.05) is 0 Å². The number of hydrogen-bond acceptors (Lipinski definition) is 4. The summed E-state index contributed by atoms with van der Waals surface area (Å²) in [5.41, 5.74) is 1.81. The highest BCUT2D eigenvalue weighted by molar-refractivity contribution is 7.09. The van der Waals surface area contributed by atoms with Crippen LogP contribution in [0.3, 0.4) is 0 Å². The zero-order valence-corrected chi connectivity index (χ0v) is 17.7. The lowest BCUT2D eigenvalue weighted by Gasteiger charge is -2.36. The van der Waals surface area contributed by atoms with E-state index < -0.39 is 0 Å². The van der Waals surface area contributed by atoms with Gasteiger partial charge in [0.15, 0.2) is 0 Å². The van der Waals surface area contributed by atoms with Gasteiger partial charge < -0.3 is 9.64 Å². The first-order valence-corrected chi connectivity index (χ1v) is 11.5. The molecule has 2 aliphatic carbocycles. The fourth-order valence-electron chi connectivity index (χ4n) is 4.20. The minimum Gasteiger partial charge on any atom is -0.486 e. The molecule has 0 spiro atoms. The van der Waals surface area contributed by atoms with Gasteiger partial charge in [0.1, 0.15) is 23.1 Å². The zero-order chi connectivity index (χ0) is 19.5. The minimum absolute atomic E-state index is 0.125. The molecule has 0 atom stereocenters. The van der Waals surface area contributed by atoms with E-state index >= 15 is 0 Å². The third kappa shape index (κ3) is 4.57. The number of ether oxygens (including phenoxy) is 1. The number of thiazole rings is 1. The van der Waals surface area contributed by atoms with Gasteiger partial charge in [-0.05, 0) is 63.5 Å². The SMILES string of the molecule is CCC1CCC(N(C(=O)c2csc(COc3ccc(C)cc3)n2)C2CC2)CC1. The number of rotatable bonds is 7. The summed E-state index contributed by atoms with van der Waals surface area (Å²) in [5.74, 6) is 1.80. The van der Waals surface area contributed by atoms with Crippen molar-refractivity contribution in [1.82, 2.24) is 9.88 Å². The fraction of sp³-hybridized carbons (Fsp3) is 0.565. The molecule has 1 amide bonds. The van der Waals surface area contributed by atoms with Crippen LogP contribution < -0.4 is 4.74 Å². The highest BCUT2D eigenvalue weighted by Crippen LogP contribution is 2.37. The van der Waals surface area contributed by atoms with E-state index in [4.69, 9.17) is 4.74 Å². The molecular formula is C23H30N2O2S. The van der Waals surface area contributed by atoms with E-state index in [9.17, 15) is 4.79 Å². The van der Waals surface area contributed by atoms with E-state index in [1.54, 1.807) is 0 Å². The molecular weight excluding hydrogens is 368 g/mol. The van der Waals surface area contributed by atoms with Crippen molar-refractivity contribution in [3.05, 3.63) is 45.9 Å². The van der Waals surface area contributed by atoms with Crippen molar-refractivity contribution in [3.8, 4) is 5.75 Å². The maximum atomic E-state index is 13.2. The highest BCUT2D eigenvalue weighted by Gasteiger charge is 2.39. The molecule has 1 heterocycles. The summed E-state index contributed by atoms with van der Waals surface area (Å²) in [5, 5.41) is 2.76. The Morgan fingerprint density at radius 3 is 2.36 bits per heavy atom. The molecule has 150 valence electrons. The Bertz CT molecular complexity index is 789. The smallest absolute Gasteiger partial charge is 0.273 e. The molecule has 0 unspecified atom stereocenters. The van der Waals surface area contributed by atoms with E-state index in [0.29, 0.717) is 24.4 Å². The molecule has 0 saturated heterocycles. The molecule has 0 bridgehead atoms. The molecule has 2 aromatic rings. The second kappa shape index (κ2) is 8.64. The number of nitrogens with zero attached hydrogens (tertiary/aromatic N) is 2. The van der Waals surface area contributed by atoms with Crippen molar-refractivity contribution in [1.29, 1.82) is 0 Å². The van der Waals surface area contributed by atoms with Gasteiger partial charge in [0.25, 0.3) is 5.91 Å². The molecule has 2 saturated carbocycles. The number of benzene rings is 1. The highest BCUT2D eigenvalue weighted by atomic mass is 32.1. The van der Waals surface area contributed by atoms with Crippen molar-refractivity contribution in [2.45, 2.75) is 77.5 Å². The van der Waals surface area contributed by atoms with Gasteiger partial charge in [-0.25, -0.2) is 4.98 Å². The Kier molecular flexibility index (Phi) is 6.00. The maximum Gasteiger partial charge on any atom is 0.273 e. The Labute approximate surface area is 171 Å². The van der Waals surface area contributed by atoms with Crippen molar-refractivity contribution in [2.24, 2.45) is 5.92 Å². The largest absolute Gasteiger partial charge is 0.486 e. The summed E-state index contributed by atoms with van der Waals surface area (Å²) >= 11 is 1.52. The maximum absolute atomic E-state index is 13.2. The van der Waals surface area contributed by atoms with Gasteiger partial charge in [0, 0.05) is 17.5 Å². The van der Waals surface area contributed by atoms with Gasteiger partial charge in [0.05, 0.1) is 0 Å². The summed E-state index contributed by atoms with van der Waals surface area (Å²) in [6.45, 7) is 4.75. The number of hydrogen-bond donors (Lipinski definition) is 0. The van der Waals surface area contributed by atoms with Crippen LogP contribution >= 0.6 is 11.3 Å². The second-order valence-electron chi connectivity index (χ2n) is 8.25. The summed E-state index contributed by atoms with van der Waals surface area (Å²) < 4.78 is 5.82. The van der Waals surface area contributed by atoms with Gasteiger partial charge in [-0.2, -0.15) is 0 Å². The van der Waals surface area contributed by atoms with Crippen LogP contribution in [0.2, 0.25) is 0 Å². The lowest BCUT2D eigenvalue weighted by Crippen LogP contribution is -2.44. The van der Waals surface area contributed by atoms with Gasteiger partial charge in [0.2, 0.25) is 0 Å². The lowest BCUT2D eigenvalue weighted by atomic mass is 9.84. The molecule has 5 heteroatoms. The fourth-order valence-corrected chi connectivity index (χ4v) is 4.88. The van der Waals surface area contributed by atoms with Gasteiger partial charge in [-0.3, -0.25) is 4.79 Å². The van der Waals surface area contributed by atoms with Crippen molar-refractivity contribution < 1.29 is 9.53 Å². The molecule has 4 rings (SSSR count). The first-order valence-electron chi connectivity index (χ1n) is 10.6. The zero-order valence-electron chi connectivity index (χ0n) is 16.9. The second-order valence-corrected chi connectivity index (χ2v) is 9.20. The third-order valence-electron chi connectivity index (χ3n) is 6.12. The molecule has 0 aliphatic heterocycles. The quantitative estimate of drug-likeness (QED) is 0.609. The van der Waals surface area contributed by atoms with Crippen LogP contribution in [0.4, 0.5) is 0 Å². The Hall–Kier alpha value is -1.88. The van der Waals surface area contributed by atoms with Crippen LogP contribution in [-0.2, 0) is 6.61 Å². The van der Waals surface area contributed by atoms with Gasteiger partial charge in [-0.15, -0.1) is 11.3 Å². The summed E-state index contributed by atoms with van der Waals surface area (Å²) in [6.07, 6.45) is 8.36. The predicted molar refractivity (Wildman–Crippen MR) is 113 cm³/mol. The van der Waals surface area contributed by atoms with Crippen molar-refractivity contribution >= 4 is 17.2 Å². The van der Waals surface area contributed by atoms with Crippen LogP contribution in [0.15, 0.2) is 29.6 Å². The lowest BCUT2D eigenvalue weighted by molar-refractivity contribution is 0.0581. The minimum atomic E-state index is 0.125. The average Bonchev–Trinajstić information content (AvgIpc) is 3.44. The molecule has 1 aromatic carbocycles. The molecule has 28 heavy (non-hydrogen) atoms. The van der Waals surface area contributed by atoms with Crippen LogP contribution in [-0.4, -0.2) is 27.9 Å². The van der Waals surface area contributed by atoms with Crippen molar-refractivity contribution in [3.63, 3.8) is 0 Å². The van der Waals surface area contributed by atoms with Crippen LogP contribution in [0, 0.1) is 12.8 Å². The van der Waals surface area contributed by atoms with E-state index in [2.05, 4.69) is 23.7 Å². The summed E-state index contributed by atoms with van der Waals surface area (Å²) in [6, 6.07) is 8.84. The number of amides is 1. The van der Waals surface area contributed by atoms with Gasteiger partial charge >= 0.3 is 0 Å². The predicted octanol–water partition coefficient (Wildman–Crippen LogP) is 5.60. The summed E-state index contributed by atoms with van der Waals surface area (Å²) in [7, 11) is 0. The standard InChI is InChI=1S/C23H30N2O2S/c1-3-17-6-8-18(9-7-17)25(19-10-11-19)23(26)21-15-28-22(24-21)14-27-20-12-4-16(2)5-13-20/h4-5,12-13,15,17-19H,3,6-11,14H2,1-2H3. The van der Waals surface area contributed by atoms with E-state index in [1.807, 2.05) is 29.6 Å². The normalized spacial score (nSPS) is 22.1. The molecule has 4 nitrogen and oxygen atoms in total. The molecule has 2 fully saturated rings. The number of carbonyl (C=O) groups is 1. The Morgan fingerprint density at radius 2 is 1.75 bits per heavy atom. The van der Waals surface area contributed by atoms with E-state index in [0.717, 1.165) is 42.4 Å². The van der Waals surface area contributed by atoms with E-state index in [1.165, 1.54) is 36.2 Å². The van der Waals surface area contributed by atoms with E-state index in [-0.39, 0.29) is 5.91 Å². The Balaban J connectivity index is 1.38. The molecule has 0 N–H and O–H groups in total. The monoisotopic (exact) mass is 398 g/mol. The molecule has 0 radical (unpaired) electrons.